The maximum Gasteiger partial charge on any atom is 0.339 e. The number of aromatic carboxylic acids is 1. The fourth-order valence-electron chi connectivity index (χ4n) is 2.35. The quantitative estimate of drug-likeness (QED) is 0.920. The van der Waals surface area contributed by atoms with E-state index in [0.29, 0.717) is 5.69 Å². The maximum atomic E-state index is 11.2. The van der Waals surface area contributed by atoms with E-state index >= 15 is 0 Å². The molecule has 0 fully saturated rings. The highest BCUT2D eigenvalue weighted by molar-refractivity contribution is 5.94. The van der Waals surface area contributed by atoms with Crippen molar-refractivity contribution in [3.63, 3.8) is 0 Å². The molecule has 0 atom stereocenters. The molecular weight excluding hydrogens is 244 g/mol. The number of hydrogen-bond acceptors (Lipinski definition) is 3. The minimum absolute atomic E-state index is 0.200. The zero-order valence-corrected chi connectivity index (χ0v) is 11.4. The Labute approximate surface area is 111 Å². The van der Waals surface area contributed by atoms with Crippen LogP contribution in [0.4, 0.5) is 0 Å². The van der Waals surface area contributed by atoms with Gasteiger partial charge in [-0.15, -0.1) is 0 Å². The molecule has 0 spiro atoms. The molecule has 1 aromatic heterocycles. The van der Waals surface area contributed by atoms with Crippen LogP contribution in [0, 0.1) is 13.8 Å². The lowest BCUT2D eigenvalue weighted by atomic mass is 10.0. The first kappa shape index (κ1) is 13.1. The molecule has 0 saturated heterocycles. The van der Waals surface area contributed by atoms with E-state index in [1.54, 1.807) is 18.8 Å². The second-order valence-electron chi connectivity index (χ2n) is 4.48. The van der Waals surface area contributed by atoms with Gasteiger partial charge in [-0.05, 0) is 37.1 Å². The first-order chi connectivity index (χ1) is 8.95. The summed E-state index contributed by atoms with van der Waals surface area (Å²) in [5, 5.41) is 13.2. The normalized spacial score (nSPS) is 10.5. The minimum atomic E-state index is -0.978. The average Bonchev–Trinajstić information content (AvgIpc) is 2.70. The summed E-state index contributed by atoms with van der Waals surface area (Å²) >= 11 is 0. The highest BCUT2D eigenvalue weighted by Gasteiger charge is 2.18. The molecule has 0 aliphatic heterocycles. The third-order valence-electron chi connectivity index (χ3n) is 3.11. The summed E-state index contributed by atoms with van der Waals surface area (Å²) in [7, 11) is 3.36. The summed E-state index contributed by atoms with van der Waals surface area (Å²) in [6.07, 6.45) is 1.37. The van der Waals surface area contributed by atoms with Gasteiger partial charge in [-0.2, -0.15) is 5.10 Å². The molecule has 1 N–H and O–H groups in total. The number of benzene rings is 1. The van der Waals surface area contributed by atoms with Crippen molar-refractivity contribution in [2.45, 2.75) is 13.8 Å². The van der Waals surface area contributed by atoms with Crippen LogP contribution >= 0.6 is 0 Å². The SMILES string of the molecule is COc1c(C)cc(-c2c(C(=O)O)cnn2C)cc1C. The zero-order chi connectivity index (χ0) is 14.2. The van der Waals surface area contributed by atoms with Crippen molar-refractivity contribution < 1.29 is 14.6 Å². The third-order valence-corrected chi connectivity index (χ3v) is 3.11. The molecule has 2 aromatic rings. The molecular formula is C14H16N2O3. The van der Waals surface area contributed by atoms with Gasteiger partial charge in [-0.3, -0.25) is 4.68 Å². The Kier molecular flexibility index (Phi) is 3.29. The van der Waals surface area contributed by atoms with Gasteiger partial charge in [0.2, 0.25) is 0 Å². The van der Waals surface area contributed by atoms with E-state index in [-0.39, 0.29) is 5.56 Å². The van der Waals surface area contributed by atoms with Gasteiger partial charge in [0, 0.05) is 12.6 Å². The fraction of sp³-hybridized carbons (Fsp3) is 0.286. The summed E-state index contributed by atoms with van der Waals surface area (Å²) in [4.78, 5) is 11.2. The van der Waals surface area contributed by atoms with Crippen molar-refractivity contribution in [3.05, 3.63) is 35.0 Å². The molecule has 100 valence electrons. The van der Waals surface area contributed by atoms with E-state index in [2.05, 4.69) is 5.10 Å². The Balaban J connectivity index is 2.66. The van der Waals surface area contributed by atoms with Crippen molar-refractivity contribution in [3.8, 4) is 17.0 Å². The molecule has 0 saturated carbocycles. The number of aryl methyl sites for hydroxylation is 3. The molecule has 0 unspecified atom stereocenters. The van der Waals surface area contributed by atoms with Crippen LogP contribution in [0.1, 0.15) is 21.5 Å². The molecule has 1 heterocycles. The Morgan fingerprint density at radius 3 is 2.37 bits per heavy atom. The third kappa shape index (κ3) is 2.19. The predicted octanol–water partition coefficient (Wildman–Crippen LogP) is 2.41. The number of nitrogens with zero attached hydrogens (tertiary/aromatic N) is 2. The van der Waals surface area contributed by atoms with Gasteiger partial charge in [-0.1, -0.05) is 0 Å². The number of carboxylic acid groups (broad SMARTS) is 1. The predicted molar refractivity (Wildman–Crippen MR) is 71.6 cm³/mol. The summed E-state index contributed by atoms with van der Waals surface area (Å²) < 4.78 is 6.89. The summed E-state index contributed by atoms with van der Waals surface area (Å²) in [6.45, 7) is 3.87. The van der Waals surface area contributed by atoms with Gasteiger partial charge in [0.1, 0.15) is 11.3 Å². The van der Waals surface area contributed by atoms with Crippen LogP contribution < -0.4 is 4.74 Å². The number of aromatic nitrogens is 2. The van der Waals surface area contributed by atoms with Crippen LogP contribution in [-0.2, 0) is 7.05 Å². The number of ether oxygens (including phenoxy) is 1. The highest BCUT2D eigenvalue weighted by Crippen LogP contribution is 2.31. The van der Waals surface area contributed by atoms with Gasteiger partial charge >= 0.3 is 5.97 Å². The minimum Gasteiger partial charge on any atom is -0.496 e. The van der Waals surface area contributed by atoms with Crippen molar-refractivity contribution in [1.82, 2.24) is 9.78 Å². The van der Waals surface area contributed by atoms with Crippen molar-refractivity contribution >= 4 is 5.97 Å². The molecule has 0 aliphatic carbocycles. The lowest BCUT2D eigenvalue weighted by molar-refractivity contribution is 0.0697. The van der Waals surface area contributed by atoms with Crippen molar-refractivity contribution in [2.24, 2.45) is 7.05 Å². The van der Waals surface area contributed by atoms with E-state index < -0.39 is 5.97 Å². The standard InChI is InChI=1S/C14H16N2O3/c1-8-5-10(6-9(2)13(8)19-4)12-11(14(17)18)7-15-16(12)3/h5-7H,1-4H3,(H,17,18). The lowest BCUT2D eigenvalue weighted by Gasteiger charge is -2.12. The first-order valence-corrected chi connectivity index (χ1v) is 5.86. The molecule has 2 rings (SSSR count). The number of hydrogen-bond donors (Lipinski definition) is 1. The van der Waals surface area contributed by atoms with Crippen molar-refractivity contribution in [1.29, 1.82) is 0 Å². The second-order valence-corrected chi connectivity index (χ2v) is 4.48. The van der Waals surface area contributed by atoms with E-state index in [4.69, 9.17) is 4.74 Å². The van der Waals surface area contributed by atoms with Gasteiger partial charge in [0.05, 0.1) is 19.0 Å². The van der Waals surface area contributed by atoms with Gasteiger partial charge < -0.3 is 9.84 Å². The zero-order valence-electron chi connectivity index (χ0n) is 11.4. The molecule has 1 aromatic carbocycles. The molecule has 5 nitrogen and oxygen atoms in total. The van der Waals surface area contributed by atoms with E-state index in [0.717, 1.165) is 22.4 Å². The monoisotopic (exact) mass is 260 g/mol. The maximum absolute atomic E-state index is 11.2. The summed E-state index contributed by atoms with van der Waals surface area (Å²) in [5.41, 5.74) is 3.56. The largest absolute Gasteiger partial charge is 0.496 e. The Bertz CT molecular complexity index is 621. The summed E-state index contributed by atoms with van der Waals surface area (Å²) in [6, 6.07) is 3.82. The topological polar surface area (TPSA) is 64.3 Å². The van der Waals surface area contributed by atoms with Crippen LogP contribution in [-0.4, -0.2) is 28.0 Å². The number of methoxy groups -OCH3 is 1. The Morgan fingerprint density at radius 1 is 1.32 bits per heavy atom. The molecule has 0 bridgehead atoms. The molecule has 0 amide bonds. The number of carbonyl (C=O) groups is 1. The molecule has 0 aliphatic rings. The average molecular weight is 260 g/mol. The van der Waals surface area contributed by atoms with E-state index in [9.17, 15) is 9.90 Å². The second kappa shape index (κ2) is 4.76. The smallest absolute Gasteiger partial charge is 0.339 e. The van der Waals surface area contributed by atoms with Crippen LogP contribution in [0.3, 0.4) is 0 Å². The van der Waals surface area contributed by atoms with E-state index in [1.807, 2.05) is 26.0 Å². The molecule has 19 heavy (non-hydrogen) atoms. The van der Waals surface area contributed by atoms with Crippen molar-refractivity contribution in [2.75, 3.05) is 7.11 Å². The molecule has 0 radical (unpaired) electrons. The Morgan fingerprint density at radius 2 is 1.89 bits per heavy atom. The number of carboxylic acids is 1. The van der Waals surface area contributed by atoms with Crippen LogP contribution in [0.5, 0.6) is 5.75 Å². The van der Waals surface area contributed by atoms with Gasteiger partial charge in [0.15, 0.2) is 0 Å². The van der Waals surface area contributed by atoms with Gasteiger partial charge in [-0.25, -0.2) is 4.79 Å². The Hall–Kier alpha value is -2.30. The summed E-state index contributed by atoms with van der Waals surface area (Å²) in [5.74, 6) is -0.156. The number of rotatable bonds is 3. The van der Waals surface area contributed by atoms with Crippen LogP contribution in [0.15, 0.2) is 18.3 Å². The van der Waals surface area contributed by atoms with Gasteiger partial charge in [0.25, 0.3) is 0 Å². The van der Waals surface area contributed by atoms with E-state index in [1.165, 1.54) is 6.20 Å². The van der Waals surface area contributed by atoms with Crippen LogP contribution in [0.2, 0.25) is 0 Å². The highest BCUT2D eigenvalue weighted by atomic mass is 16.5. The first-order valence-electron chi connectivity index (χ1n) is 5.86. The lowest BCUT2D eigenvalue weighted by Crippen LogP contribution is -2.02. The molecule has 5 heteroatoms. The fourth-order valence-corrected chi connectivity index (χ4v) is 2.35. The van der Waals surface area contributed by atoms with Crippen LogP contribution in [0.25, 0.3) is 11.3 Å².